The zero-order valence-electron chi connectivity index (χ0n) is 15.5. The Morgan fingerprint density at radius 1 is 1.10 bits per heavy atom. The molecule has 0 aliphatic rings. The van der Waals surface area contributed by atoms with Crippen LogP contribution in [-0.2, 0) is 35.5 Å². The fourth-order valence-corrected chi connectivity index (χ4v) is 4.57. The van der Waals surface area contributed by atoms with E-state index in [1.165, 1.54) is 42.9 Å². The predicted molar refractivity (Wildman–Crippen MR) is 108 cm³/mol. The number of nitrogens with zero attached hydrogens (tertiary/aromatic N) is 2. The molecule has 0 unspecified atom stereocenters. The van der Waals surface area contributed by atoms with Crippen molar-refractivity contribution < 1.29 is 17.9 Å². The summed E-state index contributed by atoms with van der Waals surface area (Å²) in [5.74, 6) is -0.803. The van der Waals surface area contributed by atoms with Crippen LogP contribution in [0.15, 0.2) is 61.6 Å². The molecular weight excluding hydrogens is 418 g/mol. The molecule has 0 amide bonds. The predicted octanol–water partition coefficient (Wildman–Crippen LogP) is 1.30. The topological polar surface area (TPSA) is 116 Å². The molecule has 152 valence electrons. The molecule has 11 heteroatoms. The van der Waals surface area contributed by atoms with Gasteiger partial charge in [0.2, 0.25) is 0 Å². The molecule has 0 atom stereocenters. The van der Waals surface area contributed by atoms with Gasteiger partial charge in [0.15, 0.2) is 0 Å². The van der Waals surface area contributed by atoms with E-state index in [0.29, 0.717) is 0 Å². The fraction of sp³-hybridized carbons (Fsp3) is 0.167. The van der Waals surface area contributed by atoms with Crippen LogP contribution < -0.4 is 16.0 Å². The second-order valence-corrected chi connectivity index (χ2v) is 8.89. The summed E-state index contributed by atoms with van der Waals surface area (Å²) in [4.78, 5) is 36.3. The highest BCUT2D eigenvalue weighted by atomic mass is 32.2. The smallest absolute Gasteiger partial charge is 0.340 e. The van der Waals surface area contributed by atoms with E-state index in [0.717, 1.165) is 15.9 Å². The summed E-state index contributed by atoms with van der Waals surface area (Å²) in [6, 6.07) is 10.2. The summed E-state index contributed by atoms with van der Waals surface area (Å²) in [6.45, 7) is -0.327. The first-order chi connectivity index (χ1) is 13.7. The lowest BCUT2D eigenvalue weighted by atomic mass is 10.2. The van der Waals surface area contributed by atoms with Crippen molar-refractivity contribution in [2.75, 3.05) is 4.72 Å². The van der Waals surface area contributed by atoms with E-state index in [2.05, 4.69) is 4.72 Å². The van der Waals surface area contributed by atoms with Gasteiger partial charge in [0.25, 0.3) is 15.6 Å². The molecule has 0 bridgehead atoms. The second kappa shape index (κ2) is 8.05. The van der Waals surface area contributed by atoms with Crippen molar-refractivity contribution in [3.8, 4) is 0 Å². The Morgan fingerprint density at radius 2 is 1.83 bits per heavy atom. The van der Waals surface area contributed by atoms with Gasteiger partial charge in [-0.25, -0.2) is 18.0 Å². The van der Waals surface area contributed by atoms with Gasteiger partial charge in [-0.1, -0.05) is 18.2 Å². The summed E-state index contributed by atoms with van der Waals surface area (Å²) >= 11 is 1.05. The number of rotatable bonds is 6. The van der Waals surface area contributed by atoms with Gasteiger partial charge < -0.3 is 4.74 Å². The number of esters is 1. The number of para-hydroxylation sites is 1. The molecule has 3 rings (SSSR count). The van der Waals surface area contributed by atoms with E-state index in [9.17, 15) is 22.8 Å². The molecule has 9 nitrogen and oxygen atoms in total. The van der Waals surface area contributed by atoms with E-state index in [4.69, 9.17) is 4.74 Å². The maximum absolute atomic E-state index is 12.5. The van der Waals surface area contributed by atoms with Gasteiger partial charge in [0.05, 0.1) is 16.9 Å². The molecule has 2 heterocycles. The van der Waals surface area contributed by atoms with Gasteiger partial charge in [-0.15, -0.1) is 11.3 Å². The zero-order chi connectivity index (χ0) is 21.2. The van der Waals surface area contributed by atoms with Crippen LogP contribution in [0.5, 0.6) is 0 Å². The third-order valence-electron chi connectivity index (χ3n) is 4.13. The Labute approximate surface area is 169 Å². The lowest BCUT2D eigenvalue weighted by Crippen LogP contribution is -2.38. The van der Waals surface area contributed by atoms with Crippen molar-refractivity contribution >= 4 is 33.0 Å². The van der Waals surface area contributed by atoms with Gasteiger partial charge in [-0.3, -0.25) is 18.7 Å². The van der Waals surface area contributed by atoms with Gasteiger partial charge in [-0.2, -0.15) is 0 Å². The van der Waals surface area contributed by atoms with Crippen LogP contribution in [0.3, 0.4) is 0 Å². The summed E-state index contributed by atoms with van der Waals surface area (Å²) in [7, 11) is -1.05. The Hall–Kier alpha value is -3.18. The lowest BCUT2D eigenvalue weighted by Gasteiger charge is -2.13. The lowest BCUT2D eigenvalue weighted by molar-refractivity contribution is 0.0464. The summed E-state index contributed by atoms with van der Waals surface area (Å²) in [6.07, 6.45) is 0. The van der Waals surface area contributed by atoms with Crippen LogP contribution in [0, 0.1) is 0 Å². The average Bonchev–Trinajstić information content (AvgIpc) is 3.24. The molecule has 1 aromatic carbocycles. The van der Waals surface area contributed by atoms with Crippen LogP contribution in [-0.4, -0.2) is 23.5 Å². The van der Waals surface area contributed by atoms with Crippen LogP contribution in [0.25, 0.3) is 0 Å². The van der Waals surface area contributed by atoms with Gasteiger partial charge in [0.1, 0.15) is 10.8 Å². The summed E-state index contributed by atoms with van der Waals surface area (Å²) in [5.41, 5.74) is -0.802. The van der Waals surface area contributed by atoms with E-state index in [1.54, 1.807) is 23.6 Å². The maximum Gasteiger partial charge on any atom is 0.340 e. The van der Waals surface area contributed by atoms with Crippen molar-refractivity contribution in [2.45, 2.75) is 10.8 Å². The molecule has 0 spiro atoms. The molecule has 0 fully saturated rings. The van der Waals surface area contributed by atoms with Gasteiger partial charge in [0, 0.05) is 20.2 Å². The Morgan fingerprint density at radius 3 is 2.52 bits per heavy atom. The molecule has 0 saturated carbocycles. The molecule has 29 heavy (non-hydrogen) atoms. The van der Waals surface area contributed by atoms with E-state index < -0.39 is 27.2 Å². The standard InChI is InChI=1S/C18H17N3O6S2/c1-20-12(10-15(22)21(2)18(20)24)11-27-17(23)13-6-3-4-7-14(13)19-29(25,26)16-8-5-9-28-16/h3-10,19H,11H2,1-2H3. The van der Waals surface area contributed by atoms with Gasteiger partial charge in [-0.05, 0) is 23.6 Å². The van der Waals surface area contributed by atoms with E-state index in [1.807, 2.05) is 0 Å². The first-order valence-electron chi connectivity index (χ1n) is 8.29. The van der Waals surface area contributed by atoms with Crippen LogP contribution in [0.4, 0.5) is 5.69 Å². The minimum absolute atomic E-state index is 0.00136. The number of anilines is 1. The number of carbonyl (C=O) groups is 1. The van der Waals surface area contributed by atoms with Crippen LogP contribution in [0.1, 0.15) is 16.1 Å². The van der Waals surface area contributed by atoms with Crippen LogP contribution >= 0.6 is 11.3 Å². The molecule has 0 radical (unpaired) electrons. The first-order valence-corrected chi connectivity index (χ1v) is 10.7. The van der Waals surface area contributed by atoms with Crippen molar-refractivity contribution in [3.05, 3.63) is 79.9 Å². The van der Waals surface area contributed by atoms with E-state index >= 15 is 0 Å². The number of aromatic nitrogens is 2. The minimum atomic E-state index is -3.84. The third kappa shape index (κ3) is 4.30. The Kier molecular flexibility index (Phi) is 5.71. The molecule has 2 aromatic heterocycles. The average molecular weight is 435 g/mol. The van der Waals surface area contributed by atoms with Crippen LogP contribution in [0.2, 0.25) is 0 Å². The van der Waals surface area contributed by atoms with Crippen molar-refractivity contribution in [1.29, 1.82) is 0 Å². The van der Waals surface area contributed by atoms with Crippen molar-refractivity contribution in [2.24, 2.45) is 14.1 Å². The Balaban J connectivity index is 1.83. The second-order valence-electron chi connectivity index (χ2n) is 6.03. The molecule has 0 saturated heterocycles. The number of benzene rings is 1. The SMILES string of the molecule is Cn1c(COC(=O)c2ccccc2NS(=O)(=O)c2cccs2)cc(=O)n(C)c1=O. The minimum Gasteiger partial charge on any atom is -0.456 e. The number of carbonyl (C=O) groups excluding carboxylic acids is 1. The summed E-state index contributed by atoms with van der Waals surface area (Å²) in [5, 5.41) is 1.63. The fourth-order valence-electron chi connectivity index (χ4n) is 2.50. The first kappa shape index (κ1) is 20.6. The maximum atomic E-state index is 12.5. The number of nitrogens with one attached hydrogen (secondary N) is 1. The number of sulfonamides is 1. The normalized spacial score (nSPS) is 11.2. The Bertz CT molecular complexity index is 1270. The van der Waals surface area contributed by atoms with Gasteiger partial charge >= 0.3 is 11.7 Å². The monoisotopic (exact) mass is 435 g/mol. The highest BCUT2D eigenvalue weighted by molar-refractivity contribution is 7.94. The molecule has 0 aliphatic heterocycles. The summed E-state index contributed by atoms with van der Waals surface area (Å²) < 4.78 is 34.7. The highest BCUT2D eigenvalue weighted by Crippen LogP contribution is 2.23. The van der Waals surface area contributed by atoms with E-state index in [-0.39, 0.29) is 27.8 Å². The number of ether oxygens (including phenoxy) is 1. The molecule has 3 aromatic rings. The molecule has 1 N–H and O–H groups in total. The largest absolute Gasteiger partial charge is 0.456 e. The molecule has 0 aliphatic carbocycles. The quantitative estimate of drug-likeness (QED) is 0.584. The third-order valence-corrected chi connectivity index (χ3v) is 6.89. The number of thiophene rings is 1. The van der Waals surface area contributed by atoms with Crippen molar-refractivity contribution in [3.63, 3.8) is 0 Å². The number of hydrogen-bond donors (Lipinski definition) is 1. The zero-order valence-corrected chi connectivity index (χ0v) is 17.1. The van der Waals surface area contributed by atoms with Crippen molar-refractivity contribution in [1.82, 2.24) is 9.13 Å². The molecular formula is C18H17N3O6S2. The highest BCUT2D eigenvalue weighted by Gasteiger charge is 2.20. The number of hydrogen-bond acceptors (Lipinski definition) is 7.